The topological polar surface area (TPSA) is 100 Å². The van der Waals surface area contributed by atoms with Crippen LogP contribution < -0.4 is 20.5 Å². The number of benzene rings is 1. The quantitative estimate of drug-likeness (QED) is 0.683. The third kappa shape index (κ3) is 3.35. The summed E-state index contributed by atoms with van der Waals surface area (Å²) in [4.78, 5) is 29.3. The summed E-state index contributed by atoms with van der Waals surface area (Å²) in [5.41, 5.74) is 1.12. The summed E-state index contributed by atoms with van der Waals surface area (Å²) in [5, 5.41) is 7.32. The van der Waals surface area contributed by atoms with Crippen LogP contribution in [0.3, 0.4) is 0 Å². The van der Waals surface area contributed by atoms with Gasteiger partial charge in [-0.15, -0.1) is 5.10 Å². The Morgan fingerprint density at radius 2 is 2.07 bits per heavy atom. The van der Waals surface area contributed by atoms with Crippen molar-refractivity contribution in [2.75, 3.05) is 13.3 Å². The highest BCUT2D eigenvalue weighted by atomic mass is 16.7. The fourth-order valence-electron chi connectivity index (χ4n) is 3.33. The molecular formula is C20H19N5O4. The minimum Gasteiger partial charge on any atom is -0.454 e. The molecule has 2 aromatic heterocycles. The van der Waals surface area contributed by atoms with Gasteiger partial charge >= 0.3 is 5.69 Å². The Hall–Kier alpha value is -3.62. The van der Waals surface area contributed by atoms with E-state index in [0.29, 0.717) is 22.9 Å². The van der Waals surface area contributed by atoms with Crippen molar-refractivity contribution in [3.63, 3.8) is 0 Å². The lowest BCUT2D eigenvalue weighted by molar-refractivity contribution is 0.0951. The van der Waals surface area contributed by atoms with E-state index in [0.717, 1.165) is 18.4 Å². The molecule has 0 bridgehead atoms. The van der Waals surface area contributed by atoms with E-state index in [1.807, 2.05) is 12.1 Å². The zero-order valence-corrected chi connectivity index (χ0v) is 15.6. The molecule has 29 heavy (non-hydrogen) atoms. The lowest BCUT2D eigenvalue weighted by Crippen LogP contribution is -2.32. The Labute approximate surface area is 165 Å². The van der Waals surface area contributed by atoms with Gasteiger partial charge in [-0.3, -0.25) is 14.3 Å². The van der Waals surface area contributed by atoms with Crippen molar-refractivity contribution in [1.29, 1.82) is 0 Å². The molecule has 3 aromatic rings. The van der Waals surface area contributed by atoms with Crippen LogP contribution >= 0.6 is 0 Å². The van der Waals surface area contributed by atoms with Crippen LogP contribution in [0.4, 0.5) is 0 Å². The van der Waals surface area contributed by atoms with Gasteiger partial charge in [-0.2, -0.15) is 0 Å². The van der Waals surface area contributed by atoms with E-state index >= 15 is 0 Å². The first kappa shape index (κ1) is 17.5. The Morgan fingerprint density at radius 1 is 1.21 bits per heavy atom. The number of nitrogens with zero attached hydrogens (tertiary/aromatic N) is 4. The summed E-state index contributed by atoms with van der Waals surface area (Å²) in [7, 11) is 0. The summed E-state index contributed by atoms with van der Waals surface area (Å²) in [6, 6.07) is 8.93. The summed E-state index contributed by atoms with van der Waals surface area (Å²) < 4.78 is 13.7. The van der Waals surface area contributed by atoms with E-state index in [4.69, 9.17) is 9.47 Å². The van der Waals surface area contributed by atoms with E-state index in [2.05, 4.69) is 15.4 Å². The Balaban J connectivity index is 1.30. The van der Waals surface area contributed by atoms with Crippen molar-refractivity contribution in [3.05, 3.63) is 58.8 Å². The lowest BCUT2D eigenvalue weighted by Gasteiger charge is -2.05. The summed E-state index contributed by atoms with van der Waals surface area (Å²) in [5.74, 6) is 1.55. The molecule has 1 fully saturated rings. The molecular weight excluding hydrogens is 374 g/mol. The van der Waals surface area contributed by atoms with Gasteiger partial charge in [0.25, 0.3) is 5.91 Å². The van der Waals surface area contributed by atoms with Gasteiger partial charge in [0.05, 0.1) is 6.54 Å². The van der Waals surface area contributed by atoms with Crippen molar-refractivity contribution in [2.24, 2.45) is 0 Å². The highest BCUT2D eigenvalue weighted by molar-refractivity contribution is 5.94. The number of pyridine rings is 1. The Morgan fingerprint density at radius 3 is 2.86 bits per heavy atom. The second-order valence-corrected chi connectivity index (χ2v) is 7.00. The fourth-order valence-corrected chi connectivity index (χ4v) is 3.33. The van der Waals surface area contributed by atoms with E-state index in [9.17, 15) is 9.59 Å². The van der Waals surface area contributed by atoms with Crippen molar-refractivity contribution >= 4 is 5.91 Å². The lowest BCUT2D eigenvalue weighted by atomic mass is 10.2. The molecule has 9 heteroatoms. The van der Waals surface area contributed by atoms with Crippen molar-refractivity contribution in [3.8, 4) is 22.9 Å². The van der Waals surface area contributed by atoms with E-state index in [1.54, 1.807) is 35.2 Å². The average molecular weight is 393 g/mol. The first-order valence-corrected chi connectivity index (χ1v) is 9.48. The number of ether oxygens (including phenoxy) is 2. The molecule has 1 aliphatic heterocycles. The third-order valence-electron chi connectivity index (χ3n) is 4.95. The SMILES string of the molecule is O=C(NCCn1nc(-c2cccnc2)n(C2CC2)c1=O)c1ccc2c(c1)OCO2. The highest BCUT2D eigenvalue weighted by Gasteiger charge is 2.30. The zero-order valence-electron chi connectivity index (χ0n) is 15.6. The Bertz CT molecular complexity index is 1120. The van der Waals surface area contributed by atoms with Crippen LogP contribution in [0.1, 0.15) is 29.2 Å². The first-order chi connectivity index (χ1) is 14.2. The van der Waals surface area contributed by atoms with E-state index in [1.165, 1.54) is 4.68 Å². The van der Waals surface area contributed by atoms with Crippen molar-refractivity contribution in [1.82, 2.24) is 24.6 Å². The molecule has 1 aromatic carbocycles. The number of hydrogen-bond donors (Lipinski definition) is 1. The molecule has 5 rings (SSSR count). The predicted octanol–water partition coefficient (Wildman–Crippen LogP) is 1.60. The number of aromatic nitrogens is 4. The maximum absolute atomic E-state index is 12.8. The van der Waals surface area contributed by atoms with Crippen LogP contribution in [0.2, 0.25) is 0 Å². The number of fused-ring (bicyclic) bond motifs is 1. The normalized spacial score (nSPS) is 14.8. The number of amides is 1. The van der Waals surface area contributed by atoms with Gasteiger partial charge in [-0.05, 0) is 43.2 Å². The molecule has 0 atom stereocenters. The third-order valence-corrected chi connectivity index (χ3v) is 4.95. The van der Waals surface area contributed by atoms with Crippen LogP contribution in [0, 0.1) is 0 Å². The van der Waals surface area contributed by atoms with Gasteiger partial charge in [0.15, 0.2) is 17.3 Å². The number of carbonyl (C=O) groups is 1. The molecule has 0 radical (unpaired) electrons. The van der Waals surface area contributed by atoms with Crippen LogP contribution in [-0.2, 0) is 6.54 Å². The van der Waals surface area contributed by atoms with E-state index < -0.39 is 0 Å². The molecule has 0 saturated heterocycles. The number of carbonyl (C=O) groups excluding carboxylic acids is 1. The monoisotopic (exact) mass is 393 g/mol. The second-order valence-electron chi connectivity index (χ2n) is 7.00. The number of nitrogens with one attached hydrogen (secondary N) is 1. The second kappa shape index (κ2) is 7.08. The highest BCUT2D eigenvalue weighted by Crippen LogP contribution is 2.36. The molecule has 1 aliphatic carbocycles. The fraction of sp³-hybridized carbons (Fsp3) is 0.300. The first-order valence-electron chi connectivity index (χ1n) is 9.48. The number of rotatable bonds is 6. The molecule has 1 N–H and O–H groups in total. The van der Waals surface area contributed by atoms with Crippen LogP contribution in [-0.4, -0.2) is 38.6 Å². The molecule has 0 unspecified atom stereocenters. The average Bonchev–Trinajstić information content (AvgIpc) is 3.38. The molecule has 2 aliphatic rings. The summed E-state index contributed by atoms with van der Waals surface area (Å²) in [6.07, 6.45) is 5.33. The molecule has 3 heterocycles. The predicted molar refractivity (Wildman–Crippen MR) is 103 cm³/mol. The standard InChI is InChI=1S/C20H19N5O4/c26-19(13-3-6-16-17(10-13)29-12-28-16)22-8-9-24-20(27)25(15-4-5-15)18(23-24)14-2-1-7-21-11-14/h1-3,6-7,10-11,15H,4-5,8-9,12H2,(H,22,26). The van der Waals surface area contributed by atoms with Crippen LogP contribution in [0.25, 0.3) is 11.4 Å². The van der Waals surface area contributed by atoms with Crippen molar-refractivity contribution in [2.45, 2.75) is 25.4 Å². The summed E-state index contributed by atoms with van der Waals surface area (Å²) in [6.45, 7) is 0.718. The van der Waals surface area contributed by atoms with E-state index in [-0.39, 0.29) is 37.5 Å². The number of hydrogen-bond acceptors (Lipinski definition) is 6. The summed E-state index contributed by atoms with van der Waals surface area (Å²) >= 11 is 0. The molecule has 148 valence electrons. The van der Waals surface area contributed by atoms with Crippen molar-refractivity contribution < 1.29 is 14.3 Å². The Kier molecular flexibility index (Phi) is 4.27. The van der Waals surface area contributed by atoms with Gasteiger partial charge in [-0.25, -0.2) is 9.48 Å². The van der Waals surface area contributed by atoms with Gasteiger partial charge in [0.1, 0.15) is 0 Å². The zero-order chi connectivity index (χ0) is 19.8. The molecule has 0 spiro atoms. The molecule has 9 nitrogen and oxygen atoms in total. The van der Waals surface area contributed by atoms with Gasteiger partial charge in [0.2, 0.25) is 6.79 Å². The smallest absolute Gasteiger partial charge is 0.346 e. The maximum Gasteiger partial charge on any atom is 0.346 e. The minimum absolute atomic E-state index is 0.159. The van der Waals surface area contributed by atoms with Gasteiger partial charge in [0, 0.05) is 36.1 Å². The van der Waals surface area contributed by atoms with Gasteiger partial charge in [-0.1, -0.05) is 0 Å². The largest absolute Gasteiger partial charge is 0.454 e. The maximum atomic E-state index is 12.8. The van der Waals surface area contributed by atoms with Gasteiger partial charge < -0.3 is 14.8 Å². The molecule has 1 saturated carbocycles. The molecule has 1 amide bonds. The minimum atomic E-state index is -0.245. The van der Waals surface area contributed by atoms with Crippen LogP contribution in [0.5, 0.6) is 11.5 Å². The van der Waals surface area contributed by atoms with Crippen LogP contribution in [0.15, 0.2) is 47.5 Å².